The molecule has 1 aliphatic heterocycles. The molecule has 1 aromatic rings. The maximum atomic E-state index is 11.3. The maximum absolute atomic E-state index is 11.3. The predicted molar refractivity (Wildman–Crippen MR) is 59.4 cm³/mol. The largest absolute Gasteiger partial charge is 0.497 e. The van der Waals surface area contributed by atoms with Gasteiger partial charge in [-0.25, -0.2) is 0 Å². The Balaban J connectivity index is 2.16. The summed E-state index contributed by atoms with van der Waals surface area (Å²) in [6.07, 6.45) is 0. The molecule has 0 unspecified atom stereocenters. The highest BCUT2D eigenvalue weighted by molar-refractivity contribution is 5.89. The van der Waals surface area contributed by atoms with Crippen molar-refractivity contribution in [2.45, 2.75) is 5.54 Å². The highest BCUT2D eigenvalue weighted by Crippen LogP contribution is 2.25. The highest BCUT2D eigenvalue weighted by atomic mass is 16.5. The number of amides is 1. The van der Waals surface area contributed by atoms with Crippen LogP contribution in [0.1, 0.15) is 0 Å². The topological polar surface area (TPSA) is 73.6 Å². The monoisotopic (exact) mass is 222 g/mol. The Hall–Kier alpha value is -1.75. The van der Waals surface area contributed by atoms with Gasteiger partial charge in [0.15, 0.2) is 5.54 Å². The number of primary amides is 1. The number of nitrogens with two attached hydrogens (primary N) is 1. The van der Waals surface area contributed by atoms with Gasteiger partial charge in [0.25, 0.3) is 0 Å². The van der Waals surface area contributed by atoms with Crippen molar-refractivity contribution < 1.29 is 14.3 Å². The van der Waals surface area contributed by atoms with Gasteiger partial charge in [0.05, 0.1) is 20.3 Å². The van der Waals surface area contributed by atoms with E-state index in [2.05, 4.69) is 5.32 Å². The second-order valence-electron chi connectivity index (χ2n) is 3.80. The molecule has 0 radical (unpaired) electrons. The Bertz CT molecular complexity index is 402. The van der Waals surface area contributed by atoms with Crippen LogP contribution >= 0.6 is 0 Å². The number of hydrogen-bond donors (Lipinski definition) is 2. The van der Waals surface area contributed by atoms with Gasteiger partial charge in [-0.05, 0) is 12.1 Å². The molecular weight excluding hydrogens is 208 g/mol. The number of rotatable bonds is 4. The van der Waals surface area contributed by atoms with Crippen LogP contribution in [0.3, 0.4) is 0 Å². The van der Waals surface area contributed by atoms with Crippen LogP contribution in [0.25, 0.3) is 0 Å². The number of carbonyl (C=O) groups excluding carboxylic acids is 1. The van der Waals surface area contributed by atoms with Crippen LogP contribution in [0.4, 0.5) is 5.69 Å². The fourth-order valence-electron chi connectivity index (χ4n) is 1.56. The zero-order chi connectivity index (χ0) is 11.6. The van der Waals surface area contributed by atoms with Crippen LogP contribution in [0.2, 0.25) is 0 Å². The number of ether oxygens (including phenoxy) is 2. The Morgan fingerprint density at radius 3 is 2.81 bits per heavy atom. The van der Waals surface area contributed by atoms with Crippen molar-refractivity contribution in [3.8, 4) is 5.75 Å². The summed E-state index contributed by atoms with van der Waals surface area (Å²) in [5.74, 6) is 0.325. The number of methoxy groups -OCH3 is 1. The van der Waals surface area contributed by atoms with Crippen molar-refractivity contribution in [3.05, 3.63) is 24.3 Å². The molecule has 3 N–H and O–H groups in total. The third-order valence-electron chi connectivity index (χ3n) is 2.62. The van der Waals surface area contributed by atoms with Crippen molar-refractivity contribution in [2.24, 2.45) is 5.73 Å². The van der Waals surface area contributed by atoms with Crippen LogP contribution in [-0.2, 0) is 9.53 Å². The summed E-state index contributed by atoms with van der Waals surface area (Å²) in [7, 11) is 1.59. The normalized spacial score (nSPS) is 17.3. The van der Waals surface area contributed by atoms with E-state index in [1.54, 1.807) is 7.11 Å². The molecular formula is C11H14N2O3. The maximum Gasteiger partial charge on any atom is 0.247 e. The molecule has 1 fully saturated rings. The number of nitrogens with one attached hydrogen (secondary N) is 1. The minimum absolute atomic E-state index is 0.305. The highest BCUT2D eigenvalue weighted by Gasteiger charge is 2.44. The fourth-order valence-corrected chi connectivity index (χ4v) is 1.56. The second-order valence-corrected chi connectivity index (χ2v) is 3.80. The molecule has 1 aliphatic rings. The van der Waals surface area contributed by atoms with Gasteiger partial charge in [0.2, 0.25) is 5.91 Å². The lowest BCUT2D eigenvalue weighted by molar-refractivity contribution is -0.137. The van der Waals surface area contributed by atoms with Gasteiger partial charge in [-0.2, -0.15) is 0 Å². The van der Waals surface area contributed by atoms with E-state index < -0.39 is 11.4 Å². The zero-order valence-corrected chi connectivity index (χ0v) is 9.03. The molecule has 5 heteroatoms. The van der Waals surface area contributed by atoms with Crippen molar-refractivity contribution in [3.63, 3.8) is 0 Å². The third kappa shape index (κ3) is 1.81. The second kappa shape index (κ2) is 4.02. The predicted octanol–water partition coefficient (Wildman–Crippen LogP) is 0.361. The first-order valence-electron chi connectivity index (χ1n) is 4.96. The molecule has 0 bridgehead atoms. The molecule has 16 heavy (non-hydrogen) atoms. The molecule has 86 valence electrons. The summed E-state index contributed by atoms with van der Waals surface area (Å²) < 4.78 is 10.1. The average molecular weight is 222 g/mol. The number of carbonyl (C=O) groups is 1. The summed E-state index contributed by atoms with van der Waals surface area (Å²) in [6.45, 7) is 0.610. The van der Waals surface area contributed by atoms with Crippen LogP contribution in [-0.4, -0.2) is 31.8 Å². The van der Waals surface area contributed by atoms with Gasteiger partial charge in [-0.1, -0.05) is 6.07 Å². The fraction of sp³-hybridized carbons (Fsp3) is 0.364. The Kier molecular flexibility index (Phi) is 2.70. The summed E-state index contributed by atoms with van der Waals surface area (Å²) in [5.41, 5.74) is 5.36. The van der Waals surface area contributed by atoms with E-state index in [9.17, 15) is 4.79 Å². The van der Waals surface area contributed by atoms with Crippen molar-refractivity contribution in [1.82, 2.24) is 0 Å². The minimum Gasteiger partial charge on any atom is -0.497 e. The van der Waals surface area contributed by atoms with E-state index in [0.29, 0.717) is 13.2 Å². The summed E-state index contributed by atoms with van der Waals surface area (Å²) in [6, 6.07) is 7.34. The van der Waals surface area contributed by atoms with Crippen LogP contribution < -0.4 is 15.8 Å². The molecule has 0 aromatic heterocycles. The standard InChI is InChI=1S/C11H14N2O3/c1-15-9-4-2-3-8(5-9)13-11(10(12)14)6-16-7-11/h2-5,13H,6-7H2,1H3,(H2,12,14). The lowest BCUT2D eigenvalue weighted by atomic mass is 9.96. The van der Waals surface area contributed by atoms with E-state index >= 15 is 0 Å². The molecule has 0 atom stereocenters. The molecule has 1 amide bonds. The van der Waals surface area contributed by atoms with E-state index in [1.165, 1.54) is 0 Å². The third-order valence-corrected chi connectivity index (χ3v) is 2.62. The minimum atomic E-state index is -0.771. The van der Waals surface area contributed by atoms with Crippen molar-refractivity contribution in [1.29, 1.82) is 0 Å². The van der Waals surface area contributed by atoms with Crippen LogP contribution in [0.5, 0.6) is 5.75 Å². The first-order valence-corrected chi connectivity index (χ1v) is 4.96. The molecule has 0 saturated carbocycles. The van der Waals surface area contributed by atoms with Gasteiger partial charge >= 0.3 is 0 Å². The molecule has 1 saturated heterocycles. The lowest BCUT2D eigenvalue weighted by Gasteiger charge is -2.39. The first-order chi connectivity index (χ1) is 7.66. The zero-order valence-electron chi connectivity index (χ0n) is 9.03. The quantitative estimate of drug-likeness (QED) is 0.771. The van der Waals surface area contributed by atoms with E-state index in [4.69, 9.17) is 15.2 Å². The van der Waals surface area contributed by atoms with E-state index in [0.717, 1.165) is 11.4 Å². The Morgan fingerprint density at radius 2 is 2.31 bits per heavy atom. The van der Waals surface area contributed by atoms with Gasteiger partial charge in [0.1, 0.15) is 5.75 Å². The SMILES string of the molecule is COc1cccc(NC2(C(N)=O)COC2)c1. The summed E-state index contributed by atoms with van der Waals surface area (Å²) >= 11 is 0. The van der Waals surface area contributed by atoms with Gasteiger partial charge < -0.3 is 20.5 Å². The number of benzene rings is 1. The van der Waals surface area contributed by atoms with Gasteiger partial charge in [-0.15, -0.1) is 0 Å². The molecule has 2 rings (SSSR count). The van der Waals surface area contributed by atoms with Gasteiger partial charge in [0, 0.05) is 11.8 Å². The molecule has 1 aromatic carbocycles. The first kappa shape index (κ1) is 10.8. The molecule has 0 aliphatic carbocycles. The molecule has 1 heterocycles. The van der Waals surface area contributed by atoms with E-state index in [-0.39, 0.29) is 0 Å². The number of hydrogen-bond acceptors (Lipinski definition) is 4. The smallest absolute Gasteiger partial charge is 0.247 e. The Labute approximate surface area is 93.5 Å². The number of anilines is 1. The van der Waals surface area contributed by atoms with Crippen molar-refractivity contribution in [2.75, 3.05) is 25.6 Å². The molecule has 5 nitrogen and oxygen atoms in total. The average Bonchev–Trinajstić information content (AvgIpc) is 2.23. The van der Waals surface area contributed by atoms with Crippen LogP contribution in [0, 0.1) is 0 Å². The lowest BCUT2D eigenvalue weighted by Crippen LogP contribution is -2.64. The van der Waals surface area contributed by atoms with Crippen molar-refractivity contribution >= 4 is 11.6 Å². The van der Waals surface area contributed by atoms with E-state index in [1.807, 2.05) is 24.3 Å². The summed E-state index contributed by atoms with van der Waals surface area (Å²) in [4.78, 5) is 11.3. The molecule has 0 spiro atoms. The summed E-state index contributed by atoms with van der Waals surface area (Å²) in [5, 5.41) is 3.09. The Morgan fingerprint density at radius 1 is 1.56 bits per heavy atom. The van der Waals surface area contributed by atoms with Crippen LogP contribution in [0.15, 0.2) is 24.3 Å². The van der Waals surface area contributed by atoms with Gasteiger partial charge in [-0.3, -0.25) is 4.79 Å².